The highest BCUT2D eigenvalue weighted by Gasteiger charge is 2.14. The third-order valence-electron chi connectivity index (χ3n) is 4.53. The normalized spacial score (nSPS) is 12.5. The maximum absolute atomic E-state index is 12.6. The maximum atomic E-state index is 12.6. The van der Waals surface area contributed by atoms with E-state index >= 15 is 0 Å². The van der Waals surface area contributed by atoms with Crippen molar-refractivity contribution in [2.45, 2.75) is 19.8 Å². The number of hydrogen-bond donors (Lipinski definition) is 2. The van der Waals surface area contributed by atoms with Crippen LogP contribution in [0.4, 0.5) is 17.2 Å². The quantitative estimate of drug-likeness (QED) is 0.673. The molecule has 0 saturated carbocycles. The molecule has 2 N–H and O–H groups in total. The van der Waals surface area contributed by atoms with Gasteiger partial charge in [-0.1, -0.05) is 32.0 Å². The molecule has 148 valence electrons. The number of amides is 1. The zero-order valence-corrected chi connectivity index (χ0v) is 16.3. The first-order valence-corrected chi connectivity index (χ1v) is 9.49. The lowest BCUT2D eigenvalue weighted by atomic mass is 10.0. The van der Waals surface area contributed by atoms with Crippen LogP contribution in [0, 0.1) is 0 Å². The van der Waals surface area contributed by atoms with E-state index in [1.165, 1.54) is 12.4 Å². The average molecular weight is 390 g/mol. The molecule has 0 aliphatic carbocycles. The number of ether oxygens (including phenoxy) is 2. The van der Waals surface area contributed by atoms with Crippen molar-refractivity contribution in [1.82, 2.24) is 9.97 Å². The molecule has 0 saturated heterocycles. The number of para-hydroxylation sites is 1. The first kappa shape index (κ1) is 18.7. The van der Waals surface area contributed by atoms with Gasteiger partial charge >= 0.3 is 0 Å². The summed E-state index contributed by atoms with van der Waals surface area (Å²) in [4.78, 5) is 21.1. The molecular weight excluding hydrogens is 368 g/mol. The van der Waals surface area contributed by atoms with Crippen LogP contribution in [-0.4, -0.2) is 29.1 Å². The van der Waals surface area contributed by atoms with Gasteiger partial charge in [0, 0.05) is 17.4 Å². The van der Waals surface area contributed by atoms with E-state index in [0.717, 1.165) is 22.7 Å². The lowest BCUT2D eigenvalue weighted by Crippen LogP contribution is -2.16. The maximum Gasteiger partial charge on any atom is 0.275 e. The summed E-state index contributed by atoms with van der Waals surface area (Å²) in [6, 6.07) is 13.3. The fraction of sp³-hybridized carbons (Fsp3) is 0.227. The summed E-state index contributed by atoms with van der Waals surface area (Å²) in [5.74, 6) is 1.95. The van der Waals surface area contributed by atoms with E-state index < -0.39 is 0 Å². The van der Waals surface area contributed by atoms with E-state index in [1.807, 2.05) is 42.5 Å². The van der Waals surface area contributed by atoms with Crippen LogP contribution in [0.5, 0.6) is 11.5 Å². The Morgan fingerprint density at radius 1 is 1.00 bits per heavy atom. The van der Waals surface area contributed by atoms with Crippen molar-refractivity contribution in [3.8, 4) is 11.5 Å². The van der Waals surface area contributed by atoms with Gasteiger partial charge in [0.15, 0.2) is 11.5 Å². The molecule has 7 nitrogen and oxygen atoms in total. The van der Waals surface area contributed by atoms with E-state index in [4.69, 9.17) is 9.47 Å². The summed E-state index contributed by atoms with van der Waals surface area (Å²) in [6.07, 6.45) is 2.98. The number of benzene rings is 2. The Kier molecular flexibility index (Phi) is 5.29. The second-order valence-electron chi connectivity index (χ2n) is 6.97. The third-order valence-corrected chi connectivity index (χ3v) is 4.53. The van der Waals surface area contributed by atoms with E-state index in [-0.39, 0.29) is 11.6 Å². The van der Waals surface area contributed by atoms with Crippen LogP contribution in [0.2, 0.25) is 0 Å². The van der Waals surface area contributed by atoms with Crippen molar-refractivity contribution in [1.29, 1.82) is 0 Å². The second-order valence-corrected chi connectivity index (χ2v) is 6.97. The Bertz CT molecular complexity index is 1020. The molecule has 1 aromatic heterocycles. The number of aromatic nitrogens is 2. The fourth-order valence-corrected chi connectivity index (χ4v) is 3.08. The summed E-state index contributed by atoms with van der Waals surface area (Å²) in [5.41, 5.74) is 2.90. The molecule has 0 spiro atoms. The van der Waals surface area contributed by atoms with Gasteiger partial charge in [-0.2, -0.15) is 0 Å². The fourth-order valence-electron chi connectivity index (χ4n) is 3.08. The van der Waals surface area contributed by atoms with Crippen molar-refractivity contribution in [3.05, 3.63) is 66.1 Å². The third kappa shape index (κ3) is 4.29. The van der Waals surface area contributed by atoms with Gasteiger partial charge < -0.3 is 20.1 Å². The summed E-state index contributed by atoms with van der Waals surface area (Å²) < 4.78 is 11.1. The molecule has 29 heavy (non-hydrogen) atoms. The van der Waals surface area contributed by atoms with Crippen LogP contribution in [0.15, 0.2) is 54.9 Å². The number of carbonyl (C=O) groups is 1. The molecule has 1 amide bonds. The zero-order chi connectivity index (χ0) is 20.2. The SMILES string of the molecule is CC(C)c1ccccc1NC(=O)c1cnc(Nc2ccc3c(c2)OCCO3)cn1. The van der Waals surface area contributed by atoms with Gasteiger partial charge in [0.05, 0.1) is 12.4 Å². The highest BCUT2D eigenvalue weighted by Crippen LogP contribution is 2.33. The molecule has 0 bridgehead atoms. The summed E-state index contributed by atoms with van der Waals surface area (Å²) >= 11 is 0. The van der Waals surface area contributed by atoms with Gasteiger partial charge in [-0.3, -0.25) is 4.79 Å². The Balaban J connectivity index is 1.45. The van der Waals surface area contributed by atoms with Crippen molar-refractivity contribution in [2.24, 2.45) is 0 Å². The zero-order valence-electron chi connectivity index (χ0n) is 16.3. The van der Waals surface area contributed by atoms with Gasteiger partial charge in [0.1, 0.15) is 24.7 Å². The summed E-state index contributed by atoms with van der Waals surface area (Å²) in [5, 5.41) is 6.07. The largest absolute Gasteiger partial charge is 0.486 e. The number of nitrogens with one attached hydrogen (secondary N) is 2. The summed E-state index contributed by atoms with van der Waals surface area (Å²) in [6.45, 7) is 5.25. The molecular formula is C22H22N4O3. The molecule has 3 aromatic rings. The van der Waals surface area contributed by atoms with Crippen molar-refractivity contribution >= 4 is 23.1 Å². The molecule has 0 unspecified atom stereocenters. The molecule has 1 aliphatic rings. The number of fused-ring (bicyclic) bond motifs is 1. The van der Waals surface area contributed by atoms with Crippen LogP contribution < -0.4 is 20.1 Å². The van der Waals surface area contributed by atoms with Crippen LogP contribution in [-0.2, 0) is 0 Å². The molecule has 2 heterocycles. The van der Waals surface area contributed by atoms with Crippen molar-refractivity contribution in [2.75, 3.05) is 23.8 Å². The average Bonchev–Trinajstić information content (AvgIpc) is 2.74. The topological polar surface area (TPSA) is 85.4 Å². The smallest absolute Gasteiger partial charge is 0.275 e. The number of nitrogens with zero attached hydrogens (tertiary/aromatic N) is 2. The van der Waals surface area contributed by atoms with Gasteiger partial charge in [-0.05, 0) is 29.7 Å². The molecule has 0 atom stereocenters. The highest BCUT2D eigenvalue weighted by atomic mass is 16.6. The predicted molar refractivity (Wildman–Crippen MR) is 111 cm³/mol. The van der Waals surface area contributed by atoms with Crippen molar-refractivity contribution in [3.63, 3.8) is 0 Å². The minimum Gasteiger partial charge on any atom is -0.486 e. The number of carbonyl (C=O) groups excluding carboxylic acids is 1. The van der Waals surface area contributed by atoms with Crippen LogP contribution in [0.25, 0.3) is 0 Å². The van der Waals surface area contributed by atoms with Gasteiger partial charge in [-0.15, -0.1) is 0 Å². The van der Waals surface area contributed by atoms with Crippen LogP contribution in [0.3, 0.4) is 0 Å². The Labute approximate surface area is 169 Å². The number of rotatable bonds is 5. The van der Waals surface area contributed by atoms with Crippen molar-refractivity contribution < 1.29 is 14.3 Å². The first-order chi connectivity index (χ1) is 14.1. The van der Waals surface area contributed by atoms with Gasteiger partial charge in [0.25, 0.3) is 5.91 Å². The van der Waals surface area contributed by atoms with E-state index in [9.17, 15) is 4.79 Å². The standard InChI is InChI=1S/C22H22N4O3/c1-14(2)16-5-3-4-6-17(16)26-22(27)18-12-24-21(13-23-18)25-15-7-8-19-20(11-15)29-10-9-28-19/h3-8,11-14H,9-10H2,1-2H3,(H,24,25)(H,26,27). The Morgan fingerprint density at radius 2 is 1.79 bits per heavy atom. The number of hydrogen-bond acceptors (Lipinski definition) is 6. The summed E-state index contributed by atoms with van der Waals surface area (Å²) in [7, 11) is 0. The lowest BCUT2D eigenvalue weighted by molar-refractivity contribution is 0.102. The Morgan fingerprint density at radius 3 is 2.55 bits per heavy atom. The monoisotopic (exact) mass is 390 g/mol. The number of anilines is 3. The first-order valence-electron chi connectivity index (χ1n) is 9.49. The van der Waals surface area contributed by atoms with Crippen LogP contribution in [0.1, 0.15) is 35.8 Å². The van der Waals surface area contributed by atoms with E-state index in [0.29, 0.717) is 30.7 Å². The molecule has 4 rings (SSSR count). The highest BCUT2D eigenvalue weighted by molar-refractivity contribution is 6.03. The molecule has 0 radical (unpaired) electrons. The molecule has 7 heteroatoms. The Hall–Kier alpha value is -3.61. The second kappa shape index (κ2) is 8.18. The predicted octanol–water partition coefficient (Wildman–Crippen LogP) is 4.37. The molecule has 1 aliphatic heterocycles. The van der Waals surface area contributed by atoms with Gasteiger partial charge in [-0.25, -0.2) is 9.97 Å². The molecule has 2 aromatic carbocycles. The van der Waals surface area contributed by atoms with E-state index in [2.05, 4.69) is 34.4 Å². The molecule has 0 fully saturated rings. The lowest BCUT2D eigenvalue weighted by Gasteiger charge is -2.19. The van der Waals surface area contributed by atoms with E-state index in [1.54, 1.807) is 0 Å². The minimum absolute atomic E-state index is 0.247. The van der Waals surface area contributed by atoms with Crippen LogP contribution >= 0.6 is 0 Å². The van der Waals surface area contributed by atoms with Gasteiger partial charge in [0.2, 0.25) is 0 Å². The minimum atomic E-state index is -0.295.